The maximum atomic E-state index is 13.5. The van der Waals surface area contributed by atoms with Crippen LogP contribution in [0.2, 0.25) is 0 Å². The van der Waals surface area contributed by atoms with Crippen LogP contribution in [0.4, 0.5) is 5.69 Å². The minimum Gasteiger partial charge on any atom is -0.465 e. The number of hydrogen-bond acceptors (Lipinski definition) is 6. The van der Waals surface area contributed by atoms with Crippen molar-refractivity contribution >= 4 is 29.4 Å². The number of benzene rings is 1. The molecule has 3 amide bonds. The first-order valence-corrected chi connectivity index (χ1v) is 11.2. The molecular weight excluding hydrogens is 422 g/mol. The Labute approximate surface area is 192 Å². The summed E-state index contributed by atoms with van der Waals surface area (Å²) < 4.78 is 4.70. The zero-order chi connectivity index (χ0) is 23.4. The van der Waals surface area contributed by atoms with Gasteiger partial charge >= 0.3 is 5.97 Å². The van der Waals surface area contributed by atoms with E-state index < -0.39 is 17.9 Å². The van der Waals surface area contributed by atoms with Gasteiger partial charge < -0.3 is 9.64 Å². The molecule has 8 heteroatoms. The van der Waals surface area contributed by atoms with Gasteiger partial charge in [0.15, 0.2) is 0 Å². The number of esters is 1. The summed E-state index contributed by atoms with van der Waals surface area (Å²) in [4.78, 5) is 58.3. The van der Waals surface area contributed by atoms with Crippen molar-refractivity contribution in [2.24, 2.45) is 5.92 Å². The molecular formula is C25H27N3O5. The van der Waals surface area contributed by atoms with E-state index in [-0.39, 0.29) is 30.7 Å². The Kier molecular flexibility index (Phi) is 6.82. The number of amides is 3. The maximum Gasteiger partial charge on any atom is 0.337 e. The minimum absolute atomic E-state index is 0.0731. The van der Waals surface area contributed by atoms with Crippen molar-refractivity contribution in [3.05, 3.63) is 59.9 Å². The highest BCUT2D eigenvalue weighted by molar-refractivity contribution is 6.23. The van der Waals surface area contributed by atoms with E-state index in [1.54, 1.807) is 35.5 Å². The number of carbonyl (C=O) groups excluding carboxylic acids is 4. The molecule has 2 aliphatic rings. The number of nitrogens with zero attached hydrogens (tertiary/aromatic N) is 3. The summed E-state index contributed by atoms with van der Waals surface area (Å²) in [5.41, 5.74) is 1.50. The summed E-state index contributed by atoms with van der Waals surface area (Å²) in [5.74, 6) is -1.51. The van der Waals surface area contributed by atoms with Gasteiger partial charge in [-0.3, -0.25) is 19.4 Å². The number of methoxy groups -OCH3 is 1. The summed E-state index contributed by atoms with van der Waals surface area (Å²) in [6, 6.07) is 8.88. The number of anilines is 1. The van der Waals surface area contributed by atoms with Crippen molar-refractivity contribution in [1.82, 2.24) is 9.88 Å². The van der Waals surface area contributed by atoms with Crippen LogP contribution < -0.4 is 4.90 Å². The highest BCUT2D eigenvalue weighted by Crippen LogP contribution is 2.31. The number of imide groups is 1. The zero-order valence-corrected chi connectivity index (χ0v) is 18.6. The van der Waals surface area contributed by atoms with Crippen LogP contribution in [-0.2, 0) is 25.7 Å². The maximum absolute atomic E-state index is 13.5. The second-order valence-corrected chi connectivity index (χ2v) is 8.49. The molecule has 1 unspecified atom stereocenters. The predicted octanol–water partition coefficient (Wildman–Crippen LogP) is 3.11. The van der Waals surface area contributed by atoms with Gasteiger partial charge in [-0.2, -0.15) is 0 Å². The molecule has 8 nitrogen and oxygen atoms in total. The van der Waals surface area contributed by atoms with Crippen LogP contribution in [0.1, 0.15) is 54.4 Å². The first-order chi connectivity index (χ1) is 16.0. The Morgan fingerprint density at radius 3 is 2.45 bits per heavy atom. The number of hydrogen-bond donors (Lipinski definition) is 0. The predicted molar refractivity (Wildman–Crippen MR) is 120 cm³/mol. The van der Waals surface area contributed by atoms with Crippen molar-refractivity contribution in [3.63, 3.8) is 0 Å². The third-order valence-electron chi connectivity index (χ3n) is 6.36. The monoisotopic (exact) mass is 449 g/mol. The number of pyridine rings is 1. The lowest BCUT2D eigenvalue weighted by molar-refractivity contribution is -0.143. The molecule has 1 atom stereocenters. The molecule has 172 valence electrons. The molecule has 0 spiro atoms. The lowest BCUT2D eigenvalue weighted by atomic mass is 9.87. The Morgan fingerprint density at radius 2 is 1.82 bits per heavy atom. The molecule has 33 heavy (non-hydrogen) atoms. The largest absolute Gasteiger partial charge is 0.465 e. The second kappa shape index (κ2) is 9.94. The highest BCUT2D eigenvalue weighted by atomic mass is 16.5. The van der Waals surface area contributed by atoms with Gasteiger partial charge in [-0.1, -0.05) is 25.3 Å². The normalized spacial score (nSPS) is 18.9. The fourth-order valence-electron chi connectivity index (χ4n) is 4.61. The van der Waals surface area contributed by atoms with Gasteiger partial charge in [0.25, 0.3) is 5.91 Å². The average molecular weight is 450 g/mol. The van der Waals surface area contributed by atoms with Gasteiger partial charge in [0, 0.05) is 24.9 Å². The molecule has 1 aliphatic heterocycles. The highest BCUT2D eigenvalue weighted by Gasteiger charge is 2.45. The fraction of sp³-hybridized carbons (Fsp3) is 0.400. The van der Waals surface area contributed by atoms with Gasteiger partial charge in [-0.25, -0.2) is 9.69 Å². The summed E-state index contributed by atoms with van der Waals surface area (Å²) in [6.45, 7) is 0.224. The van der Waals surface area contributed by atoms with Crippen molar-refractivity contribution < 1.29 is 23.9 Å². The van der Waals surface area contributed by atoms with Crippen LogP contribution in [0.25, 0.3) is 0 Å². The smallest absolute Gasteiger partial charge is 0.337 e. The van der Waals surface area contributed by atoms with Crippen LogP contribution >= 0.6 is 0 Å². The van der Waals surface area contributed by atoms with E-state index >= 15 is 0 Å². The van der Waals surface area contributed by atoms with E-state index in [2.05, 4.69) is 4.98 Å². The van der Waals surface area contributed by atoms with E-state index in [0.717, 1.165) is 42.6 Å². The third-order valence-corrected chi connectivity index (χ3v) is 6.36. The Morgan fingerprint density at radius 1 is 1.09 bits per heavy atom. The number of aromatic nitrogens is 1. The molecule has 1 saturated carbocycles. The summed E-state index contributed by atoms with van der Waals surface area (Å²) in [5, 5.41) is 0. The molecule has 0 N–H and O–H groups in total. The Hall–Kier alpha value is -3.55. The van der Waals surface area contributed by atoms with Crippen molar-refractivity contribution in [1.29, 1.82) is 0 Å². The van der Waals surface area contributed by atoms with Gasteiger partial charge in [0.05, 0.1) is 24.8 Å². The topological polar surface area (TPSA) is 96.9 Å². The van der Waals surface area contributed by atoms with Crippen molar-refractivity contribution in [3.8, 4) is 0 Å². The van der Waals surface area contributed by atoms with Crippen LogP contribution in [0.3, 0.4) is 0 Å². The van der Waals surface area contributed by atoms with Crippen LogP contribution in [-0.4, -0.2) is 46.7 Å². The zero-order valence-electron chi connectivity index (χ0n) is 18.6. The quantitative estimate of drug-likeness (QED) is 0.497. The molecule has 1 saturated heterocycles. The van der Waals surface area contributed by atoms with Crippen LogP contribution in [0, 0.1) is 5.92 Å². The van der Waals surface area contributed by atoms with E-state index in [9.17, 15) is 19.2 Å². The number of rotatable bonds is 6. The van der Waals surface area contributed by atoms with Crippen LogP contribution in [0.15, 0.2) is 48.8 Å². The minimum atomic E-state index is -0.868. The van der Waals surface area contributed by atoms with Gasteiger partial charge in [0.1, 0.15) is 6.04 Å². The third kappa shape index (κ3) is 4.79. The molecule has 1 aliphatic carbocycles. The van der Waals surface area contributed by atoms with Gasteiger partial charge in [0.2, 0.25) is 11.8 Å². The molecule has 1 aromatic carbocycles. The van der Waals surface area contributed by atoms with E-state index in [0.29, 0.717) is 11.3 Å². The fourth-order valence-corrected chi connectivity index (χ4v) is 4.61. The lowest BCUT2D eigenvalue weighted by Crippen LogP contribution is -2.47. The second-order valence-electron chi connectivity index (χ2n) is 8.49. The van der Waals surface area contributed by atoms with Gasteiger partial charge in [-0.15, -0.1) is 0 Å². The molecule has 0 bridgehead atoms. The van der Waals surface area contributed by atoms with E-state index in [1.807, 2.05) is 6.07 Å². The molecule has 0 radical (unpaired) electrons. The molecule has 2 aromatic rings. The average Bonchev–Trinajstić information content (AvgIpc) is 3.16. The first kappa shape index (κ1) is 22.6. The van der Waals surface area contributed by atoms with Crippen molar-refractivity contribution in [2.45, 2.75) is 51.1 Å². The Balaban J connectivity index is 1.60. The van der Waals surface area contributed by atoms with Crippen LogP contribution in [0.5, 0.6) is 0 Å². The number of carbonyl (C=O) groups is 4. The van der Waals surface area contributed by atoms with E-state index in [1.165, 1.54) is 19.2 Å². The SMILES string of the molecule is COC(=O)c1ccc(N2C(=O)CC(N(Cc3cccnc3)C(=O)C3CCCCC3)C2=O)cc1. The van der Waals surface area contributed by atoms with Crippen molar-refractivity contribution in [2.75, 3.05) is 12.0 Å². The number of ether oxygens (including phenoxy) is 1. The standard InChI is InChI=1S/C25H27N3O5/c1-33-25(32)19-9-11-20(12-10-19)28-22(29)14-21(24(28)31)27(16-17-6-5-13-26-15-17)23(30)18-7-3-2-4-8-18/h5-6,9-13,15,18,21H,2-4,7-8,14,16H2,1H3. The molecule has 1 aromatic heterocycles. The van der Waals surface area contributed by atoms with E-state index in [4.69, 9.17) is 4.74 Å². The van der Waals surface area contributed by atoms with Gasteiger partial charge in [-0.05, 0) is 48.7 Å². The lowest BCUT2D eigenvalue weighted by Gasteiger charge is -2.32. The summed E-state index contributed by atoms with van der Waals surface area (Å²) >= 11 is 0. The first-order valence-electron chi connectivity index (χ1n) is 11.2. The Bertz CT molecular complexity index is 1030. The summed E-state index contributed by atoms with van der Waals surface area (Å²) in [7, 11) is 1.29. The molecule has 4 rings (SSSR count). The summed E-state index contributed by atoms with van der Waals surface area (Å²) in [6.07, 6.45) is 7.96. The molecule has 2 fully saturated rings. The molecule has 2 heterocycles.